The van der Waals surface area contributed by atoms with Crippen molar-refractivity contribution in [2.24, 2.45) is 0 Å². The molecule has 2 rings (SSSR count). The van der Waals surface area contributed by atoms with Crippen LogP contribution in [0.1, 0.15) is 12.8 Å². The molecule has 1 aliphatic rings. The third kappa shape index (κ3) is 5.17. The van der Waals surface area contributed by atoms with E-state index in [0.29, 0.717) is 6.42 Å². The number of nitrogens with one attached hydrogen (secondary N) is 2. The van der Waals surface area contributed by atoms with Crippen LogP contribution in [0.5, 0.6) is 5.75 Å². The second-order valence-electron chi connectivity index (χ2n) is 4.16. The van der Waals surface area contributed by atoms with E-state index in [4.69, 9.17) is 0 Å². The van der Waals surface area contributed by atoms with Crippen molar-refractivity contribution in [3.63, 3.8) is 0 Å². The Labute approximate surface area is 118 Å². The van der Waals surface area contributed by atoms with E-state index in [2.05, 4.69) is 20.4 Å². The highest BCUT2D eigenvalue weighted by molar-refractivity contribution is 5.89. The van der Waals surface area contributed by atoms with Gasteiger partial charge in [0.15, 0.2) is 0 Å². The Morgan fingerprint density at radius 3 is 2.81 bits per heavy atom. The SMILES string of the molecule is O=C(NC1=CC=CCC1)Nc1cc(OC(F)(F)F)ccn1. The van der Waals surface area contributed by atoms with E-state index in [1.807, 2.05) is 12.2 Å². The van der Waals surface area contributed by atoms with Gasteiger partial charge in [-0.3, -0.25) is 5.32 Å². The fourth-order valence-corrected chi connectivity index (χ4v) is 1.68. The summed E-state index contributed by atoms with van der Waals surface area (Å²) in [5.41, 5.74) is 0.720. The number of carbonyl (C=O) groups excluding carboxylic acids is 1. The number of nitrogens with zero attached hydrogens (tertiary/aromatic N) is 1. The van der Waals surface area contributed by atoms with E-state index in [1.54, 1.807) is 6.08 Å². The summed E-state index contributed by atoms with van der Waals surface area (Å²) in [4.78, 5) is 15.4. The van der Waals surface area contributed by atoms with Crippen LogP contribution in [0.3, 0.4) is 0 Å². The molecular formula is C13H12F3N3O2. The first-order valence-electron chi connectivity index (χ1n) is 6.08. The molecule has 0 aromatic carbocycles. The number of hydrogen-bond donors (Lipinski definition) is 2. The number of pyridine rings is 1. The molecule has 0 spiro atoms. The molecule has 21 heavy (non-hydrogen) atoms. The third-order valence-corrected chi connectivity index (χ3v) is 2.49. The van der Waals surface area contributed by atoms with Crippen LogP contribution >= 0.6 is 0 Å². The van der Waals surface area contributed by atoms with Gasteiger partial charge in [-0.25, -0.2) is 9.78 Å². The lowest BCUT2D eigenvalue weighted by molar-refractivity contribution is -0.274. The lowest BCUT2D eigenvalue weighted by Gasteiger charge is -2.12. The zero-order valence-electron chi connectivity index (χ0n) is 10.8. The van der Waals surface area contributed by atoms with E-state index < -0.39 is 18.1 Å². The van der Waals surface area contributed by atoms with Crippen molar-refractivity contribution in [1.29, 1.82) is 0 Å². The van der Waals surface area contributed by atoms with Crippen LogP contribution in [0.25, 0.3) is 0 Å². The Morgan fingerprint density at radius 2 is 2.14 bits per heavy atom. The van der Waals surface area contributed by atoms with Gasteiger partial charge in [-0.1, -0.05) is 12.2 Å². The number of amides is 2. The third-order valence-electron chi connectivity index (χ3n) is 2.49. The normalized spacial score (nSPS) is 14.3. The van der Waals surface area contributed by atoms with Crippen molar-refractivity contribution < 1.29 is 22.7 Å². The first-order chi connectivity index (χ1) is 9.92. The molecule has 2 N–H and O–H groups in total. The summed E-state index contributed by atoms with van der Waals surface area (Å²) >= 11 is 0. The number of carbonyl (C=O) groups is 1. The van der Waals surface area contributed by atoms with Crippen molar-refractivity contribution >= 4 is 11.8 Å². The summed E-state index contributed by atoms with van der Waals surface area (Å²) in [6, 6.07) is 1.46. The predicted octanol–water partition coefficient (Wildman–Crippen LogP) is 3.34. The van der Waals surface area contributed by atoms with Gasteiger partial charge >= 0.3 is 12.4 Å². The van der Waals surface area contributed by atoms with Gasteiger partial charge in [0.25, 0.3) is 0 Å². The number of allylic oxidation sites excluding steroid dienone is 4. The van der Waals surface area contributed by atoms with Gasteiger partial charge in [-0.2, -0.15) is 0 Å². The number of ether oxygens (including phenoxy) is 1. The molecule has 8 heteroatoms. The lowest BCUT2D eigenvalue weighted by atomic mass is 10.1. The van der Waals surface area contributed by atoms with Crippen LogP contribution in [0.4, 0.5) is 23.8 Å². The summed E-state index contributed by atoms with van der Waals surface area (Å²) in [6.07, 6.45) is 3.35. The molecule has 0 atom stereocenters. The van der Waals surface area contributed by atoms with Crippen molar-refractivity contribution in [2.75, 3.05) is 5.32 Å². The Hall–Kier alpha value is -2.51. The van der Waals surface area contributed by atoms with Gasteiger partial charge in [0.1, 0.15) is 11.6 Å². The zero-order valence-corrected chi connectivity index (χ0v) is 10.8. The van der Waals surface area contributed by atoms with E-state index in [1.165, 1.54) is 0 Å². The first-order valence-corrected chi connectivity index (χ1v) is 6.08. The number of alkyl halides is 3. The van der Waals surface area contributed by atoms with Gasteiger partial charge < -0.3 is 10.1 Å². The molecule has 5 nitrogen and oxygen atoms in total. The van der Waals surface area contributed by atoms with Crippen LogP contribution in [0, 0.1) is 0 Å². The molecule has 112 valence electrons. The molecule has 0 radical (unpaired) electrons. The van der Waals surface area contributed by atoms with Crippen LogP contribution < -0.4 is 15.4 Å². The Kier molecular flexibility index (Phi) is 4.46. The van der Waals surface area contributed by atoms with Gasteiger partial charge in [0.05, 0.1) is 0 Å². The highest BCUT2D eigenvalue weighted by Gasteiger charge is 2.31. The average molecular weight is 299 g/mol. The number of halogens is 3. The fourth-order valence-electron chi connectivity index (χ4n) is 1.68. The maximum Gasteiger partial charge on any atom is 0.573 e. The molecule has 0 aliphatic heterocycles. The van der Waals surface area contributed by atoms with Gasteiger partial charge in [0, 0.05) is 18.0 Å². The molecule has 2 amide bonds. The van der Waals surface area contributed by atoms with E-state index in [0.717, 1.165) is 30.4 Å². The highest BCUT2D eigenvalue weighted by atomic mass is 19.4. The molecule has 0 saturated heterocycles. The van der Waals surface area contributed by atoms with E-state index in [9.17, 15) is 18.0 Å². The molecule has 0 unspecified atom stereocenters. The van der Waals surface area contributed by atoms with Crippen LogP contribution in [0.2, 0.25) is 0 Å². The average Bonchev–Trinajstić information content (AvgIpc) is 2.38. The summed E-state index contributed by atoms with van der Waals surface area (Å²) in [5.74, 6) is -0.492. The number of rotatable bonds is 3. The molecule has 1 heterocycles. The molecule has 1 aromatic rings. The summed E-state index contributed by atoms with van der Waals surface area (Å²) in [7, 11) is 0. The highest BCUT2D eigenvalue weighted by Crippen LogP contribution is 2.23. The van der Waals surface area contributed by atoms with E-state index >= 15 is 0 Å². The Bertz CT molecular complexity index is 582. The fraction of sp³-hybridized carbons (Fsp3) is 0.231. The monoisotopic (exact) mass is 299 g/mol. The number of urea groups is 1. The summed E-state index contributed by atoms with van der Waals surface area (Å²) in [6.45, 7) is 0. The van der Waals surface area contributed by atoms with Gasteiger partial charge in [-0.15, -0.1) is 13.2 Å². The molecule has 0 fully saturated rings. The number of aromatic nitrogens is 1. The first kappa shape index (κ1) is 14.9. The minimum atomic E-state index is -4.79. The number of hydrogen-bond acceptors (Lipinski definition) is 3. The van der Waals surface area contributed by atoms with Crippen LogP contribution in [0.15, 0.2) is 42.3 Å². The Morgan fingerprint density at radius 1 is 1.33 bits per heavy atom. The minimum absolute atomic E-state index is 0.0406. The second-order valence-corrected chi connectivity index (χ2v) is 4.16. The smallest absolute Gasteiger partial charge is 0.406 e. The van der Waals surface area contributed by atoms with Crippen molar-refractivity contribution in [2.45, 2.75) is 19.2 Å². The molecule has 1 aliphatic carbocycles. The standard InChI is InChI=1S/C13H12F3N3O2/c14-13(15,16)21-10-6-7-17-11(8-10)19-12(20)18-9-4-2-1-3-5-9/h1-2,4,6-8H,3,5H2,(H2,17,18,19,20). The molecule has 0 bridgehead atoms. The minimum Gasteiger partial charge on any atom is -0.406 e. The van der Waals surface area contributed by atoms with Gasteiger partial charge in [0.2, 0.25) is 0 Å². The Balaban J connectivity index is 1.96. The topological polar surface area (TPSA) is 63.2 Å². The van der Waals surface area contributed by atoms with Crippen LogP contribution in [-0.2, 0) is 0 Å². The summed E-state index contributed by atoms with van der Waals surface area (Å²) < 4.78 is 40.0. The summed E-state index contributed by atoms with van der Waals surface area (Å²) in [5, 5.41) is 4.93. The van der Waals surface area contributed by atoms with Crippen LogP contribution in [-0.4, -0.2) is 17.4 Å². The molecular weight excluding hydrogens is 287 g/mol. The lowest BCUT2D eigenvalue weighted by Crippen LogP contribution is -2.28. The quantitative estimate of drug-likeness (QED) is 0.899. The van der Waals surface area contributed by atoms with E-state index in [-0.39, 0.29) is 5.82 Å². The van der Waals surface area contributed by atoms with Crippen molar-refractivity contribution in [3.8, 4) is 5.75 Å². The zero-order chi connectivity index (χ0) is 15.3. The van der Waals surface area contributed by atoms with Gasteiger partial charge in [-0.05, 0) is 25.0 Å². The number of anilines is 1. The van der Waals surface area contributed by atoms with Crippen molar-refractivity contribution in [1.82, 2.24) is 10.3 Å². The molecule has 1 aromatic heterocycles. The molecule has 0 saturated carbocycles. The maximum atomic E-state index is 12.1. The second kappa shape index (κ2) is 6.29. The predicted molar refractivity (Wildman–Crippen MR) is 69.5 cm³/mol. The maximum absolute atomic E-state index is 12.1. The largest absolute Gasteiger partial charge is 0.573 e. The van der Waals surface area contributed by atoms with Crippen molar-refractivity contribution in [3.05, 3.63) is 42.3 Å².